The van der Waals surface area contributed by atoms with Gasteiger partial charge >= 0.3 is 0 Å². The molecule has 0 aromatic heterocycles. The SMILES string of the molecule is Cc1ccc(C)c(COc2ccc(F)cc2C#CCO)c1. The van der Waals surface area contributed by atoms with Gasteiger partial charge in [-0.1, -0.05) is 35.6 Å². The first kappa shape index (κ1) is 15.1. The van der Waals surface area contributed by atoms with Gasteiger partial charge in [-0.2, -0.15) is 0 Å². The molecule has 0 saturated carbocycles. The minimum absolute atomic E-state index is 0.271. The maximum Gasteiger partial charge on any atom is 0.135 e. The van der Waals surface area contributed by atoms with E-state index < -0.39 is 0 Å². The molecular weight excluding hydrogens is 267 g/mol. The number of halogens is 1. The number of hydrogen-bond donors (Lipinski definition) is 1. The molecule has 2 aromatic rings. The predicted molar refractivity (Wildman–Crippen MR) is 80.6 cm³/mol. The topological polar surface area (TPSA) is 29.5 Å². The van der Waals surface area contributed by atoms with Crippen LogP contribution in [0.4, 0.5) is 4.39 Å². The zero-order chi connectivity index (χ0) is 15.2. The van der Waals surface area contributed by atoms with E-state index >= 15 is 0 Å². The van der Waals surface area contributed by atoms with Crippen LogP contribution in [-0.2, 0) is 6.61 Å². The van der Waals surface area contributed by atoms with Crippen molar-refractivity contribution in [3.8, 4) is 17.6 Å². The van der Waals surface area contributed by atoms with E-state index in [1.165, 1.54) is 17.7 Å². The summed E-state index contributed by atoms with van der Waals surface area (Å²) in [4.78, 5) is 0. The fraction of sp³-hybridized carbons (Fsp3) is 0.222. The highest BCUT2D eigenvalue weighted by Crippen LogP contribution is 2.21. The van der Waals surface area contributed by atoms with Crippen LogP contribution >= 0.6 is 0 Å². The summed E-state index contributed by atoms with van der Waals surface area (Å²) in [5, 5.41) is 8.75. The quantitative estimate of drug-likeness (QED) is 0.876. The molecule has 0 spiro atoms. The number of aryl methyl sites for hydroxylation is 2. The van der Waals surface area contributed by atoms with E-state index in [0.29, 0.717) is 17.9 Å². The van der Waals surface area contributed by atoms with Crippen LogP contribution in [0.3, 0.4) is 0 Å². The van der Waals surface area contributed by atoms with Crippen LogP contribution in [0.15, 0.2) is 36.4 Å². The molecular formula is C18H17FO2. The first-order valence-corrected chi connectivity index (χ1v) is 6.68. The molecule has 0 aliphatic heterocycles. The maximum atomic E-state index is 13.3. The second-order valence-electron chi connectivity index (χ2n) is 4.82. The molecule has 21 heavy (non-hydrogen) atoms. The fourth-order valence-electron chi connectivity index (χ4n) is 1.97. The summed E-state index contributed by atoms with van der Waals surface area (Å²) >= 11 is 0. The first-order valence-electron chi connectivity index (χ1n) is 6.68. The summed E-state index contributed by atoms with van der Waals surface area (Å²) < 4.78 is 19.0. The van der Waals surface area contributed by atoms with Gasteiger partial charge in [-0.25, -0.2) is 4.39 Å². The first-order chi connectivity index (χ1) is 10.1. The average molecular weight is 284 g/mol. The highest BCUT2D eigenvalue weighted by Gasteiger charge is 2.05. The Kier molecular flexibility index (Phi) is 4.97. The van der Waals surface area contributed by atoms with Crippen molar-refractivity contribution in [3.05, 3.63) is 64.5 Å². The van der Waals surface area contributed by atoms with Crippen molar-refractivity contribution < 1.29 is 14.2 Å². The number of rotatable bonds is 3. The Bertz CT molecular complexity index is 696. The zero-order valence-electron chi connectivity index (χ0n) is 12.1. The Morgan fingerprint density at radius 2 is 1.95 bits per heavy atom. The summed E-state index contributed by atoms with van der Waals surface area (Å²) in [7, 11) is 0. The lowest BCUT2D eigenvalue weighted by Crippen LogP contribution is -2.00. The minimum Gasteiger partial charge on any atom is -0.488 e. The molecule has 3 heteroatoms. The van der Waals surface area contributed by atoms with Gasteiger partial charge in [-0.3, -0.25) is 0 Å². The molecule has 0 radical (unpaired) electrons. The van der Waals surface area contributed by atoms with Crippen molar-refractivity contribution in [1.82, 2.24) is 0 Å². The molecule has 0 saturated heterocycles. The van der Waals surface area contributed by atoms with Crippen molar-refractivity contribution in [1.29, 1.82) is 0 Å². The molecule has 0 aliphatic carbocycles. The monoisotopic (exact) mass is 284 g/mol. The summed E-state index contributed by atoms with van der Waals surface area (Å²) in [5.41, 5.74) is 3.83. The van der Waals surface area contributed by atoms with Crippen molar-refractivity contribution in [2.75, 3.05) is 6.61 Å². The van der Waals surface area contributed by atoms with Gasteiger partial charge in [0.25, 0.3) is 0 Å². The second-order valence-corrected chi connectivity index (χ2v) is 4.82. The number of aliphatic hydroxyl groups is 1. The van der Waals surface area contributed by atoms with Gasteiger partial charge < -0.3 is 9.84 Å². The van der Waals surface area contributed by atoms with Crippen LogP contribution in [0, 0.1) is 31.5 Å². The lowest BCUT2D eigenvalue weighted by atomic mass is 10.1. The molecule has 0 bridgehead atoms. The number of ether oxygens (including phenoxy) is 1. The standard InChI is InChI=1S/C18H17FO2/c1-13-5-6-14(2)16(10-13)12-21-18-8-7-17(19)11-15(18)4-3-9-20/h5-8,10-11,20H,9,12H2,1-2H3. The van der Waals surface area contributed by atoms with E-state index in [0.717, 1.165) is 11.1 Å². The molecule has 108 valence electrons. The van der Waals surface area contributed by atoms with E-state index in [1.54, 1.807) is 6.07 Å². The Morgan fingerprint density at radius 1 is 1.14 bits per heavy atom. The van der Waals surface area contributed by atoms with Crippen molar-refractivity contribution in [2.24, 2.45) is 0 Å². The Balaban J connectivity index is 2.21. The lowest BCUT2D eigenvalue weighted by Gasteiger charge is -2.11. The molecule has 0 atom stereocenters. The van der Waals surface area contributed by atoms with Gasteiger partial charge in [0.1, 0.15) is 24.8 Å². The summed E-state index contributed by atoms with van der Waals surface area (Å²) in [6, 6.07) is 10.4. The maximum absolute atomic E-state index is 13.3. The lowest BCUT2D eigenvalue weighted by molar-refractivity contribution is 0.304. The highest BCUT2D eigenvalue weighted by molar-refractivity contribution is 5.46. The van der Waals surface area contributed by atoms with Crippen molar-refractivity contribution >= 4 is 0 Å². The molecule has 1 N–H and O–H groups in total. The molecule has 2 aromatic carbocycles. The third-order valence-corrected chi connectivity index (χ3v) is 3.13. The molecule has 0 fully saturated rings. The van der Waals surface area contributed by atoms with Crippen LogP contribution in [0.2, 0.25) is 0 Å². The van der Waals surface area contributed by atoms with Crippen LogP contribution in [0.5, 0.6) is 5.75 Å². The third kappa shape index (κ3) is 4.08. The molecule has 0 amide bonds. The molecule has 0 unspecified atom stereocenters. The molecule has 2 rings (SSSR count). The van der Waals surface area contributed by atoms with Gasteiger partial charge in [0, 0.05) is 0 Å². The second kappa shape index (κ2) is 6.92. The van der Waals surface area contributed by atoms with Crippen LogP contribution < -0.4 is 4.74 Å². The Hall–Kier alpha value is -2.31. The van der Waals surface area contributed by atoms with Crippen LogP contribution in [0.1, 0.15) is 22.3 Å². The van der Waals surface area contributed by atoms with E-state index in [4.69, 9.17) is 9.84 Å². The van der Waals surface area contributed by atoms with Gasteiger partial charge in [-0.05, 0) is 43.2 Å². The molecule has 2 nitrogen and oxygen atoms in total. The van der Waals surface area contributed by atoms with Crippen LogP contribution in [0.25, 0.3) is 0 Å². The van der Waals surface area contributed by atoms with Crippen molar-refractivity contribution in [2.45, 2.75) is 20.5 Å². The summed E-state index contributed by atoms with van der Waals surface area (Å²) in [6.07, 6.45) is 0. The van der Waals surface area contributed by atoms with Gasteiger partial charge in [0.2, 0.25) is 0 Å². The number of hydrogen-bond acceptors (Lipinski definition) is 2. The average Bonchev–Trinajstić information content (AvgIpc) is 2.47. The fourth-order valence-corrected chi connectivity index (χ4v) is 1.97. The van der Waals surface area contributed by atoms with Crippen molar-refractivity contribution in [3.63, 3.8) is 0 Å². The largest absolute Gasteiger partial charge is 0.488 e. The number of aliphatic hydroxyl groups excluding tert-OH is 1. The van der Waals surface area contributed by atoms with Gasteiger partial charge in [0.05, 0.1) is 5.56 Å². The molecule has 0 heterocycles. The minimum atomic E-state index is -0.378. The zero-order valence-corrected chi connectivity index (χ0v) is 12.1. The Morgan fingerprint density at radius 3 is 2.71 bits per heavy atom. The number of benzene rings is 2. The van der Waals surface area contributed by atoms with Gasteiger partial charge in [0.15, 0.2) is 0 Å². The van der Waals surface area contributed by atoms with Crippen LogP contribution in [-0.4, -0.2) is 11.7 Å². The van der Waals surface area contributed by atoms with E-state index in [2.05, 4.69) is 24.0 Å². The molecule has 0 aliphatic rings. The third-order valence-electron chi connectivity index (χ3n) is 3.13. The predicted octanol–water partition coefficient (Wildman–Crippen LogP) is 3.37. The Labute approximate surface area is 124 Å². The smallest absolute Gasteiger partial charge is 0.135 e. The van der Waals surface area contributed by atoms with E-state index in [1.807, 2.05) is 19.9 Å². The summed E-state index contributed by atoms with van der Waals surface area (Å²) in [5.74, 6) is 5.34. The normalized spacial score (nSPS) is 9.90. The van der Waals surface area contributed by atoms with Gasteiger partial charge in [-0.15, -0.1) is 0 Å². The highest BCUT2D eigenvalue weighted by atomic mass is 19.1. The summed E-state index contributed by atoms with van der Waals surface area (Å²) in [6.45, 7) is 4.17. The van der Waals surface area contributed by atoms with E-state index in [9.17, 15) is 4.39 Å². The van der Waals surface area contributed by atoms with E-state index in [-0.39, 0.29) is 12.4 Å².